The zero-order valence-corrected chi connectivity index (χ0v) is 12.2. The summed E-state index contributed by atoms with van der Waals surface area (Å²) in [5, 5.41) is 10.4. The normalized spacial score (nSPS) is 14.8. The van der Waals surface area contributed by atoms with Crippen molar-refractivity contribution in [3.8, 4) is 11.5 Å². The van der Waals surface area contributed by atoms with Gasteiger partial charge in [-0.2, -0.15) is 0 Å². The third-order valence-corrected chi connectivity index (χ3v) is 3.74. The fourth-order valence-electron chi connectivity index (χ4n) is 2.60. The van der Waals surface area contributed by atoms with Gasteiger partial charge in [-0.3, -0.25) is 0 Å². The van der Waals surface area contributed by atoms with Crippen molar-refractivity contribution < 1.29 is 14.6 Å². The van der Waals surface area contributed by atoms with Crippen molar-refractivity contribution in [3.63, 3.8) is 0 Å². The number of aliphatic hydroxyl groups excluding tert-OH is 1. The maximum absolute atomic E-state index is 10.4. The summed E-state index contributed by atoms with van der Waals surface area (Å²) in [5.41, 5.74) is 3.39. The molecule has 0 radical (unpaired) electrons. The molecule has 110 valence electrons. The van der Waals surface area contributed by atoms with Gasteiger partial charge in [-0.1, -0.05) is 35.9 Å². The highest BCUT2D eigenvalue weighted by Gasteiger charge is 2.15. The smallest absolute Gasteiger partial charge is 0.161 e. The molecule has 3 nitrogen and oxygen atoms in total. The van der Waals surface area contributed by atoms with E-state index in [2.05, 4.69) is 31.2 Å². The fraction of sp³-hybridized carbons (Fsp3) is 0.333. The van der Waals surface area contributed by atoms with Crippen LogP contribution in [-0.2, 0) is 6.42 Å². The van der Waals surface area contributed by atoms with E-state index in [1.807, 2.05) is 18.2 Å². The van der Waals surface area contributed by atoms with Gasteiger partial charge in [-0.05, 0) is 43.0 Å². The van der Waals surface area contributed by atoms with Gasteiger partial charge < -0.3 is 14.6 Å². The summed E-state index contributed by atoms with van der Waals surface area (Å²) in [6.45, 7) is 3.23. The molecule has 1 atom stereocenters. The Bertz CT molecular complexity index is 622. The highest BCUT2D eigenvalue weighted by molar-refractivity contribution is 5.44. The lowest BCUT2D eigenvalue weighted by Crippen LogP contribution is -2.15. The number of ether oxygens (including phenoxy) is 2. The first-order valence-electron chi connectivity index (χ1n) is 7.35. The average molecular weight is 284 g/mol. The number of hydrogen-bond acceptors (Lipinski definition) is 3. The van der Waals surface area contributed by atoms with Crippen LogP contribution in [0.15, 0.2) is 42.5 Å². The van der Waals surface area contributed by atoms with Crippen LogP contribution in [0.1, 0.15) is 29.2 Å². The summed E-state index contributed by atoms with van der Waals surface area (Å²) in [6, 6.07) is 14.1. The fourth-order valence-corrected chi connectivity index (χ4v) is 2.60. The van der Waals surface area contributed by atoms with Crippen LogP contribution >= 0.6 is 0 Å². The molecule has 2 aromatic carbocycles. The number of hydrogen-bond donors (Lipinski definition) is 1. The molecule has 0 amide bonds. The summed E-state index contributed by atoms with van der Waals surface area (Å²) in [4.78, 5) is 0. The van der Waals surface area contributed by atoms with Crippen molar-refractivity contribution in [1.82, 2.24) is 0 Å². The van der Waals surface area contributed by atoms with Gasteiger partial charge in [0, 0.05) is 0 Å². The van der Waals surface area contributed by atoms with E-state index in [1.54, 1.807) is 0 Å². The minimum Gasteiger partial charge on any atom is -0.486 e. The predicted molar refractivity (Wildman–Crippen MR) is 81.9 cm³/mol. The topological polar surface area (TPSA) is 38.7 Å². The minimum absolute atomic E-state index is 0.485. The molecular weight excluding hydrogens is 264 g/mol. The van der Waals surface area contributed by atoms with E-state index in [0.717, 1.165) is 23.5 Å². The van der Waals surface area contributed by atoms with Crippen LogP contribution in [0, 0.1) is 6.92 Å². The van der Waals surface area contributed by atoms with E-state index in [9.17, 15) is 5.11 Å². The summed E-state index contributed by atoms with van der Waals surface area (Å²) >= 11 is 0. The van der Waals surface area contributed by atoms with Crippen molar-refractivity contribution in [1.29, 1.82) is 0 Å². The van der Waals surface area contributed by atoms with Gasteiger partial charge in [0.2, 0.25) is 0 Å². The van der Waals surface area contributed by atoms with Crippen LogP contribution in [0.3, 0.4) is 0 Å². The molecule has 1 heterocycles. The highest BCUT2D eigenvalue weighted by Crippen LogP contribution is 2.33. The zero-order chi connectivity index (χ0) is 14.7. The molecule has 3 heteroatoms. The van der Waals surface area contributed by atoms with Crippen LogP contribution in [0.25, 0.3) is 0 Å². The molecule has 1 aliphatic heterocycles. The Morgan fingerprint density at radius 3 is 2.67 bits per heavy atom. The molecule has 1 unspecified atom stereocenters. The molecule has 2 aromatic rings. The van der Waals surface area contributed by atoms with Gasteiger partial charge in [-0.15, -0.1) is 0 Å². The summed E-state index contributed by atoms with van der Waals surface area (Å²) < 4.78 is 11.1. The second-order valence-electron chi connectivity index (χ2n) is 5.45. The van der Waals surface area contributed by atoms with Crippen molar-refractivity contribution >= 4 is 0 Å². The molecule has 0 fully saturated rings. The number of aryl methyl sites for hydroxylation is 2. The van der Waals surface area contributed by atoms with Crippen LogP contribution in [-0.4, -0.2) is 18.3 Å². The summed E-state index contributed by atoms with van der Waals surface area (Å²) in [7, 11) is 0. The first-order chi connectivity index (χ1) is 10.2. The Labute approximate surface area is 125 Å². The predicted octanol–water partition coefficient (Wildman–Crippen LogP) is 3.43. The van der Waals surface area contributed by atoms with Crippen LogP contribution in [0.4, 0.5) is 0 Å². The number of benzene rings is 2. The van der Waals surface area contributed by atoms with Gasteiger partial charge >= 0.3 is 0 Å². The zero-order valence-electron chi connectivity index (χ0n) is 12.2. The van der Waals surface area contributed by atoms with E-state index < -0.39 is 6.10 Å². The first-order valence-corrected chi connectivity index (χ1v) is 7.35. The van der Waals surface area contributed by atoms with Crippen LogP contribution in [0.5, 0.6) is 11.5 Å². The number of rotatable bonds is 4. The largest absolute Gasteiger partial charge is 0.486 e. The maximum atomic E-state index is 10.4. The van der Waals surface area contributed by atoms with E-state index >= 15 is 0 Å². The molecular formula is C18H20O3. The molecule has 0 saturated carbocycles. The average Bonchev–Trinajstić information content (AvgIpc) is 2.52. The van der Waals surface area contributed by atoms with Gasteiger partial charge in [0.15, 0.2) is 11.5 Å². The van der Waals surface area contributed by atoms with E-state index in [4.69, 9.17) is 9.47 Å². The van der Waals surface area contributed by atoms with E-state index in [0.29, 0.717) is 19.6 Å². The summed E-state index contributed by atoms with van der Waals surface area (Å²) in [5.74, 6) is 1.49. The molecule has 0 saturated heterocycles. The molecule has 1 aliphatic rings. The van der Waals surface area contributed by atoms with Crippen LogP contribution in [0.2, 0.25) is 0 Å². The lowest BCUT2D eigenvalue weighted by atomic mass is 10.00. The van der Waals surface area contributed by atoms with Gasteiger partial charge in [0.1, 0.15) is 13.2 Å². The maximum Gasteiger partial charge on any atom is 0.161 e. The Morgan fingerprint density at radius 1 is 1.05 bits per heavy atom. The quantitative estimate of drug-likeness (QED) is 0.934. The lowest BCUT2D eigenvalue weighted by Gasteiger charge is -2.20. The van der Waals surface area contributed by atoms with Crippen molar-refractivity contribution in [2.75, 3.05) is 13.2 Å². The SMILES string of the molecule is Cc1cccc(CCC(O)c2ccc3c(c2)OCCO3)c1. The second kappa shape index (κ2) is 6.19. The van der Waals surface area contributed by atoms with Gasteiger partial charge in [-0.25, -0.2) is 0 Å². The first kappa shape index (κ1) is 14.0. The van der Waals surface area contributed by atoms with Gasteiger partial charge in [0.25, 0.3) is 0 Å². The minimum atomic E-state index is -0.485. The highest BCUT2D eigenvalue weighted by atomic mass is 16.6. The summed E-state index contributed by atoms with van der Waals surface area (Å²) in [6.07, 6.45) is 1.07. The van der Waals surface area contributed by atoms with E-state index in [-0.39, 0.29) is 0 Å². The van der Waals surface area contributed by atoms with Gasteiger partial charge in [0.05, 0.1) is 6.10 Å². The number of fused-ring (bicyclic) bond motifs is 1. The molecule has 21 heavy (non-hydrogen) atoms. The molecule has 1 N–H and O–H groups in total. The van der Waals surface area contributed by atoms with Crippen molar-refractivity contribution in [3.05, 3.63) is 59.2 Å². The van der Waals surface area contributed by atoms with E-state index in [1.165, 1.54) is 11.1 Å². The standard InChI is InChI=1S/C18H20O3/c1-13-3-2-4-14(11-13)5-7-16(19)15-6-8-17-18(12-15)21-10-9-20-17/h2-4,6,8,11-12,16,19H,5,7,9-10H2,1H3. The molecule has 3 rings (SSSR count). The third-order valence-electron chi connectivity index (χ3n) is 3.74. The Hall–Kier alpha value is -2.00. The Kier molecular flexibility index (Phi) is 4.11. The van der Waals surface area contributed by atoms with Crippen LogP contribution < -0.4 is 9.47 Å². The third kappa shape index (κ3) is 3.37. The molecule has 0 spiro atoms. The van der Waals surface area contributed by atoms with Crippen molar-refractivity contribution in [2.45, 2.75) is 25.9 Å². The lowest BCUT2D eigenvalue weighted by molar-refractivity contribution is 0.159. The number of aliphatic hydroxyl groups is 1. The molecule has 0 bridgehead atoms. The molecule has 0 aliphatic carbocycles. The second-order valence-corrected chi connectivity index (χ2v) is 5.45. The Balaban J connectivity index is 1.66. The van der Waals surface area contributed by atoms with Crippen molar-refractivity contribution in [2.24, 2.45) is 0 Å². The monoisotopic (exact) mass is 284 g/mol. The Morgan fingerprint density at radius 2 is 1.86 bits per heavy atom. The molecule has 0 aromatic heterocycles.